The van der Waals surface area contributed by atoms with Crippen LogP contribution in [0, 0.1) is 0 Å². The van der Waals surface area contributed by atoms with Gasteiger partial charge in [-0.1, -0.05) is 12.2 Å². The zero-order chi connectivity index (χ0) is 9.52. The number of aldehydes is 1. The molecular weight excluding hydrogens is 164 g/mol. The monoisotopic (exact) mass is 176 g/mol. The molecule has 0 aromatic carbocycles. The van der Waals surface area contributed by atoms with Crippen molar-refractivity contribution in [2.75, 3.05) is 6.54 Å². The van der Waals surface area contributed by atoms with E-state index in [2.05, 4.69) is 4.98 Å². The number of pyridine rings is 1. The van der Waals surface area contributed by atoms with Crippen molar-refractivity contribution in [1.82, 2.24) is 4.98 Å². The Bertz CT molecular complexity index is 308. The van der Waals surface area contributed by atoms with Crippen molar-refractivity contribution >= 4 is 12.4 Å². The number of rotatable bonds is 4. The lowest BCUT2D eigenvalue weighted by Gasteiger charge is -1.95. The number of aromatic nitrogens is 1. The number of nitrogens with two attached hydrogens (primary N) is 1. The van der Waals surface area contributed by atoms with Gasteiger partial charge in [0.1, 0.15) is 0 Å². The summed E-state index contributed by atoms with van der Waals surface area (Å²) in [6.45, 7) is 0.618. The van der Waals surface area contributed by atoms with Crippen molar-refractivity contribution in [1.29, 1.82) is 0 Å². The van der Waals surface area contributed by atoms with Crippen molar-refractivity contribution in [3.63, 3.8) is 0 Å². The van der Waals surface area contributed by atoms with Gasteiger partial charge in [-0.3, -0.25) is 9.78 Å². The van der Waals surface area contributed by atoms with Gasteiger partial charge in [0, 0.05) is 23.5 Å². The van der Waals surface area contributed by atoms with Crippen molar-refractivity contribution in [2.45, 2.75) is 6.42 Å². The molecule has 3 heteroatoms. The molecule has 2 N–H and O–H groups in total. The summed E-state index contributed by atoms with van der Waals surface area (Å²) in [6, 6.07) is 1.69. The molecule has 0 aliphatic rings. The molecule has 0 bridgehead atoms. The van der Waals surface area contributed by atoms with Crippen LogP contribution in [0.25, 0.3) is 6.08 Å². The largest absolute Gasteiger partial charge is 0.330 e. The summed E-state index contributed by atoms with van der Waals surface area (Å²) in [6.07, 6.45) is 8.70. The summed E-state index contributed by atoms with van der Waals surface area (Å²) in [5.41, 5.74) is 6.82. The Morgan fingerprint density at radius 2 is 2.31 bits per heavy atom. The van der Waals surface area contributed by atoms with Gasteiger partial charge in [0.05, 0.1) is 0 Å². The second kappa shape index (κ2) is 5.22. The maximum atomic E-state index is 10.6. The van der Waals surface area contributed by atoms with E-state index in [0.29, 0.717) is 12.1 Å². The number of hydrogen-bond donors (Lipinski definition) is 1. The fraction of sp³-hybridized carbons (Fsp3) is 0.200. The molecule has 0 saturated heterocycles. The van der Waals surface area contributed by atoms with Crippen LogP contribution in [0.1, 0.15) is 22.3 Å². The molecule has 1 aromatic rings. The van der Waals surface area contributed by atoms with Crippen LogP contribution in [0.3, 0.4) is 0 Å². The van der Waals surface area contributed by atoms with E-state index in [0.717, 1.165) is 18.3 Å². The Hall–Kier alpha value is -1.48. The molecule has 68 valence electrons. The Balaban J connectivity index is 2.80. The highest BCUT2D eigenvalue weighted by molar-refractivity contribution is 5.81. The fourth-order valence-electron chi connectivity index (χ4n) is 0.971. The molecule has 1 rings (SSSR count). The van der Waals surface area contributed by atoms with Crippen LogP contribution >= 0.6 is 0 Å². The first-order valence-electron chi connectivity index (χ1n) is 4.14. The first-order chi connectivity index (χ1) is 6.38. The van der Waals surface area contributed by atoms with Crippen molar-refractivity contribution < 1.29 is 4.79 Å². The maximum Gasteiger partial charge on any atom is 0.150 e. The zero-order valence-electron chi connectivity index (χ0n) is 7.31. The van der Waals surface area contributed by atoms with Crippen LogP contribution in [0.5, 0.6) is 0 Å². The van der Waals surface area contributed by atoms with E-state index < -0.39 is 0 Å². The minimum atomic E-state index is 0.618. The molecule has 0 atom stereocenters. The maximum absolute atomic E-state index is 10.6. The van der Waals surface area contributed by atoms with Gasteiger partial charge in [0.2, 0.25) is 0 Å². The third-order valence-electron chi connectivity index (χ3n) is 1.64. The Labute approximate surface area is 77.3 Å². The van der Waals surface area contributed by atoms with Crippen LogP contribution in [-0.2, 0) is 0 Å². The number of carbonyl (C=O) groups is 1. The fourth-order valence-corrected chi connectivity index (χ4v) is 0.971. The summed E-state index contributed by atoms with van der Waals surface area (Å²) in [5.74, 6) is 0. The molecule has 0 unspecified atom stereocenters. The van der Waals surface area contributed by atoms with Gasteiger partial charge in [-0.25, -0.2) is 0 Å². The summed E-state index contributed by atoms with van der Waals surface area (Å²) >= 11 is 0. The normalized spacial score (nSPS) is 10.5. The van der Waals surface area contributed by atoms with Crippen LogP contribution in [-0.4, -0.2) is 17.8 Å². The summed E-state index contributed by atoms with van der Waals surface area (Å²) in [5, 5.41) is 0. The third kappa shape index (κ3) is 2.80. The molecule has 0 saturated carbocycles. The summed E-state index contributed by atoms with van der Waals surface area (Å²) < 4.78 is 0. The van der Waals surface area contributed by atoms with E-state index >= 15 is 0 Å². The molecule has 1 heterocycles. The zero-order valence-corrected chi connectivity index (χ0v) is 7.31. The molecule has 0 radical (unpaired) electrons. The first-order valence-corrected chi connectivity index (χ1v) is 4.14. The number of hydrogen-bond acceptors (Lipinski definition) is 3. The van der Waals surface area contributed by atoms with Crippen LogP contribution < -0.4 is 5.73 Å². The quantitative estimate of drug-likeness (QED) is 0.702. The van der Waals surface area contributed by atoms with Gasteiger partial charge in [0.25, 0.3) is 0 Å². The van der Waals surface area contributed by atoms with Crippen LogP contribution in [0.2, 0.25) is 0 Å². The van der Waals surface area contributed by atoms with E-state index in [4.69, 9.17) is 5.73 Å². The molecule has 1 aromatic heterocycles. The van der Waals surface area contributed by atoms with E-state index in [1.54, 1.807) is 18.5 Å². The van der Waals surface area contributed by atoms with Gasteiger partial charge in [0.15, 0.2) is 6.29 Å². The molecule has 0 spiro atoms. The van der Waals surface area contributed by atoms with Gasteiger partial charge < -0.3 is 5.73 Å². The van der Waals surface area contributed by atoms with Crippen LogP contribution in [0.15, 0.2) is 24.5 Å². The highest BCUT2D eigenvalue weighted by Crippen LogP contribution is 2.06. The smallest absolute Gasteiger partial charge is 0.150 e. The molecule has 0 fully saturated rings. The second-order valence-corrected chi connectivity index (χ2v) is 2.60. The Morgan fingerprint density at radius 1 is 1.46 bits per heavy atom. The van der Waals surface area contributed by atoms with Crippen LogP contribution in [0.4, 0.5) is 0 Å². The predicted octanol–water partition coefficient (Wildman–Crippen LogP) is 1.26. The lowest BCUT2D eigenvalue weighted by molar-refractivity contribution is 0.112. The molecular formula is C10H12N2O. The minimum absolute atomic E-state index is 0.618. The standard InChI is InChI=1S/C10H12N2O/c11-5-2-1-3-9-7-12-6-4-10(9)8-13/h1,3-4,6-8H,2,5,11H2. The number of carbonyl (C=O) groups excluding carboxylic acids is 1. The van der Waals surface area contributed by atoms with Crippen molar-refractivity contribution in [3.05, 3.63) is 35.7 Å². The number of nitrogens with zero attached hydrogens (tertiary/aromatic N) is 1. The predicted molar refractivity (Wildman–Crippen MR) is 52.3 cm³/mol. The highest BCUT2D eigenvalue weighted by Gasteiger charge is 1.95. The average Bonchev–Trinajstić information content (AvgIpc) is 2.19. The summed E-state index contributed by atoms with van der Waals surface area (Å²) in [7, 11) is 0. The van der Waals surface area contributed by atoms with Crippen molar-refractivity contribution in [3.8, 4) is 0 Å². The SMILES string of the molecule is NCCC=Cc1cnccc1C=O. The van der Waals surface area contributed by atoms with Gasteiger partial charge in [-0.05, 0) is 19.0 Å². The molecule has 13 heavy (non-hydrogen) atoms. The van der Waals surface area contributed by atoms with E-state index in [1.165, 1.54) is 0 Å². The summed E-state index contributed by atoms with van der Waals surface area (Å²) in [4.78, 5) is 14.5. The first kappa shape index (κ1) is 9.61. The van der Waals surface area contributed by atoms with Gasteiger partial charge >= 0.3 is 0 Å². The van der Waals surface area contributed by atoms with E-state index in [9.17, 15) is 4.79 Å². The molecule has 0 aliphatic carbocycles. The molecule has 0 amide bonds. The lowest BCUT2D eigenvalue weighted by atomic mass is 10.1. The van der Waals surface area contributed by atoms with Gasteiger partial charge in [-0.15, -0.1) is 0 Å². The highest BCUT2D eigenvalue weighted by atomic mass is 16.1. The Morgan fingerprint density at radius 3 is 3.00 bits per heavy atom. The van der Waals surface area contributed by atoms with Crippen molar-refractivity contribution in [2.24, 2.45) is 5.73 Å². The Kier molecular flexibility index (Phi) is 3.85. The lowest BCUT2D eigenvalue weighted by Crippen LogP contribution is -1.95. The third-order valence-corrected chi connectivity index (χ3v) is 1.64. The van der Waals surface area contributed by atoms with E-state index in [-0.39, 0.29) is 0 Å². The average molecular weight is 176 g/mol. The topological polar surface area (TPSA) is 56.0 Å². The molecule has 0 aliphatic heterocycles. The van der Waals surface area contributed by atoms with E-state index in [1.807, 2.05) is 12.2 Å². The molecule has 3 nitrogen and oxygen atoms in total. The minimum Gasteiger partial charge on any atom is -0.330 e. The van der Waals surface area contributed by atoms with Gasteiger partial charge in [-0.2, -0.15) is 0 Å². The second-order valence-electron chi connectivity index (χ2n) is 2.60.